The fourth-order valence-electron chi connectivity index (χ4n) is 2.34. The molecule has 0 spiro atoms. The summed E-state index contributed by atoms with van der Waals surface area (Å²) in [5.41, 5.74) is 2.96. The standard InChI is InChI=1S/C20H24N2O3S/c1-16-8-10-19(11-9-16)17(2)22-20(23)12-14-21-26(24,25)15-13-18-6-4-3-5-7-18/h3-11,13,15,17,21H,12,14H2,1-2H3,(H,22,23)/b15-13+. The molecule has 5 nitrogen and oxygen atoms in total. The van der Waals surface area contributed by atoms with E-state index in [2.05, 4.69) is 10.0 Å². The Labute approximate surface area is 155 Å². The summed E-state index contributed by atoms with van der Waals surface area (Å²) in [5.74, 6) is -0.201. The van der Waals surface area contributed by atoms with Crippen molar-refractivity contribution in [3.05, 3.63) is 76.7 Å². The predicted molar refractivity (Wildman–Crippen MR) is 105 cm³/mol. The van der Waals surface area contributed by atoms with Crippen molar-refractivity contribution >= 4 is 22.0 Å². The van der Waals surface area contributed by atoms with Gasteiger partial charge in [0.2, 0.25) is 15.9 Å². The van der Waals surface area contributed by atoms with E-state index < -0.39 is 10.0 Å². The van der Waals surface area contributed by atoms with Crippen molar-refractivity contribution in [3.63, 3.8) is 0 Å². The van der Waals surface area contributed by atoms with Crippen LogP contribution >= 0.6 is 0 Å². The van der Waals surface area contributed by atoms with Crippen molar-refractivity contribution in [3.8, 4) is 0 Å². The molecule has 1 unspecified atom stereocenters. The van der Waals surface area contributed by atoms with Crippen LogP contribution < -0.4 is 10.0 Å². The van der Waals surface area contributed by atoms with Crippen LogP contribution in [0.3, 0.4) is 0 Å². The van der Waals surface area contributed by atoms with E-state index in [4.69, 9.17) is 0 Å². The van der Waals surface area contributed by atoms with E-state index in [0.29, 0.717) is 0 Å². The first-order valence-electron chi connectivity index (χ1n) is 8.44. The van der Waals surface area contributed by atoms with Crippen LogP contribution in [0, 0.1) is 6.92 Å². The average molecular weight is 372 g/mol. The lowest BCUT2D eigenvalue weighted by atomic mass is 10.1. The van der Waals surface area contributed by atoms with Crippen LogP contribution in [0.2, 0.25) is 0 Å². The molecule has 0 aromatic heterocycles. The largest absolute Gasteiger partial charge is 0.350 e. The molecule has 2 rings (SSSR count). The minimum atomic E-state index is -3.57. The molecule has 2 aromatic carbocycles. The lowest BCUT2D eigenvalue weighted by Crippen LogP contribution is -2.31. The van der Waals surface area contributed by atoms with Crippen LogP contribution in [-0.4, -0.2) is 20.9 Å². The van der Waals surface area contributed by atoms with Gasteiger partial charge in [0.1, 0.15) is 0 Å². The molecule has 0 saturated heterocycles. The number of amides is 1. The number of rotatable bonds is 8. The molecule has 2 aromatic rings. The van der Waals surface area contributed by atoms with E-state index in [1.54, 1.807) is 0 Å². The number of nitrogens with one attached hydrogen (secondary N) is 2. The lowest BCUT2D eigenvalue weighted by Gasteiger charge is -2.14. The van der Waals surface area contributed by atoms with Crippen LogP contribution in [0.25, 0.3) is 6.08 Å². The number of sulfonamides is 1. The minimum Gasteiger partial charge on any atom is -0.350 e. The molecule has 1 atom stereocenters. The monoisotopic (exact) mass is 372 g/mol. The molecular formula is C20H24N2O3S. The van der Waals surface area contributed by atoms with Gasteiger partial charge in [-0.3, -0.25) is 4.79 Å². The Morgan fingerprint density at radius 3 is 2.38 bits per heavy atom. The number of carbonyl (C=O) groups excluding carboxylic acids is 1. The van der Waals surface area contributed by atoms with Gasteiger partial charge in [0, 0.05) is 18.4 Å². The molecule has 138 valence electrons. The third-order valence-corrected chi connectivity index (χ3v) is 4.95. The number of aryl methyl sites for hydroxylation is 1. The van der Waals surface area contributed by atoms with E-state index in [1.807, 2.05) is 68.4 Å². The molecular weight excluding hydrogens is 348 g/mol. The van der Waals surface area contributed by atoms with Crippen molar-refractivity contribution < 1.29 is 13.2 Å². The summed E-state index contributed by atoms with van der Waals surface area (Å²) in [7, 11) is -3.57. The van der Waals surface area contributed by atoms with Gasteiger partial charge < -0.3 is 5.32 Å². The van der Waals surface area contributed by atoms with Gasteiger partial charge in [-0.1, -0.05) is 60.2 Å². The first kappa shape index (κ1) is 19.9. The van der Waals surface area contributed by atoms with Crippen LogP contribution in [-0.2, 0) is 14.8 Å². The van der Waals surface area contributed by atoms with E-state index in [1.165, 1.54) is 6.08 Å². The minimum absolute atomic E-state index is 0.0495. The quantitative estimate of drug-likeness (QED) is 0.747. The van der Waals surface area contributed by atoms with Gasteiger partial charge in [-0.15, -0.1) is 0 Å². The van der Waals surface area contributed by atoms with E-state index in [9.17, 15) is 13.2 Å². The molecule has 0 saturated carbocycles. The van der Waals surface area contributed by atoms with Crippen LogP contribution in [0.15, 0.2) is 60.0 Å². The Morgan fingerprint density at radius 1 is 1.08 bits per heavy atom. The van der Waals surface area contributed by atoms with Crippen molar-refractivity contribution in [2.45, 2.75) is 26.3 Å². The zero-order valence-electron chi connectivity index (χ0n) is 15.0. The van der Waals surface area contributed by atoms with Gasteiger partial charge >= 0.3 is 0 Å². The van der Waals surface area contributed by atoms with Crippen molar-refractivity contribution in [2.75, 3.05) is 6.54 Å². The lowest BCUT2D eigenvalue weighted by molar-refractivity contribution is -0.121. The predicted octanol–water partition coefficient (Wildman–Crippen LogP) is 3.15. The average Bonchev–Trinajstić information content (AvgIpc) is 2.61. The first-order chi connectivity index (χ1) is 12.4. The normalized spacial score (nSPS) is 12.8. The third kappa shape index (κ3) is 6.82. The molecule has 0 aliphatic carbocycles. The second-order valence-electron chi connectivity index (χ2n) is 6.10. The molecule has 0 heterocycles. The van der Waals surface area contributed by atoms with Gasteiger partial charge in [0.25, 0.3) is 0 Å². The molecule has 0 fully saturated rings. The number of carbonyl (C=O) groups is 1. The molecule has 0 aliphatic heterocycles. The molecule has 6 heteroatoms. The topological polar surface area (TPSA) is 75.3 Å². The maximum atomic E-state index is 12.0. The summed E-state index contributed by atoms with van der Waals surface area (Å²) >= 11 is 0. The fourth-order valence-corrected chi connectivity index (χ4v) is 3.16. The Balaban J connectivity index is 1.78. The number of hydrogen-bond acceptors (Lipinski definition) is 3. The van der Waals surface area contributed by atoms with Gasteiger partial charge in [0.05, 0.1) is 6.04 Å². The van der Waals surface area contributed by atoms with Crippen LogP contribution in [0.4, 0.5) is 0 Å². The second kappa shape index (κ2) is 9.31. The summed E-state index contributed by atoms with van der Waals surface area (Å²) in [6.45, 7) is 3.95. The Bertz CT molecular complexity index is 844. The molecule has 0 bridgehead atoms. The first-order valence-corrected chi connectivity index (χ1v) is 9.99. The van der Waals surface area contributed by atoms with Gasteiger partial charge in [-0.25, -0.2) is 13.1 Å². The zero-order valence-corrected chi connectivity index (χ0v) is 15.8. The fraction of sp³-hybridized carbons (Fsp3) is 0.250. The van der Waals surface area contributed by atoms with Crippen molar-refractivity contribution in [2.24, 2.45) is 0 Å². The Morgan fingerprint density at radius 2 is 1.73 bits per heavy atom. The Kier molecular flexibility index (Phi) is 7.12. The van der Waals surface area contributed by atoms with E-state index in [0.717, 1.165) is 22.1 Å². The van der Waals surface area contributed by atoms with Crippen molar-refractivity contribution in [1.29, 1.82) is 0 Å². The highest BCUT2D eigenvalue weighted by atomic mass is 32.2. The van der Waals surface area contributed by atoms with Gasteiger partial charge in [-0.2, -0.15) is 0 Å². The van der Waals surface area contributed by atoms with Gasteiger partial charge in [0.15, 0.2) is 0 Å². The van der Waals surface area contributed by atoms with Crippen LogP contribution in [0.5, 0.6) is 0 Å². The highest BCUT2D eigenvalue weighted by Crippen LogP contribution is 2.13. The van der Waals surface area contributed by atoms with E-state index >= 15 is 0 Å². The second-order valence-corrected chi connectivity index (χ2v) is 7.75. The molecule has 0 aliphatic rings. The highest BCUT2D eigenvalue weighted by Gasteiger charge is 2.11. The molecule has 26 heavy (non-hydrogen) atoms. The number of hydrogen-bond donors (Lipinski definition) is 2. The summed E-state index contributed by atoms with van der Waals surface area (Å²) in [6, 6.07) is 16.9. The maximum Gasteiger partial charge on any atom is 0.233 e. The number of benzene rings is 2. The third-order valence-electron chi connectivity index (χ3n) is 3.85. The zero-order chi connectivity index (χ0) is 19.0. The summed E-state index contributed by atoms with van der Waals surface area (Å²) in [4.78, 5) is 12.0. The Hall–Kier alpha value is -2.44. The molecule has 2 N–H and O–H groups in total. The maximum absolute atomic E-state index is 12.0. The SMILES string of the molecule is Cc1ccc(C(C)NC(=O)CCNS(=O)(=O)/C=C/c2ccccc2)cc1. The molecule has 1 amide bonds. The summed E-state index contributed by atoms with van der Waals surface area (Å²) in [6.07, 6.45) is 1.59. The summed E-state index contributed by atoms with van der Waals surface area (Å²) in [5, 5.41) is 3.97. The van der Waals surface area contributed by atoms with Crippen molar-refractivity contribution in [1.82, 2.24) is 10.0 Å². The smallest absolute Gasteiger partial charge is 0.233 e. The molecule has 0 radical (unpaired) electrons. The van der Waals surface area contributed by atoms with E-state index in [-0.39, 0.29) is 24.9 Å². The van der Waals surface area contributed by atoms with Crippen LogP contribution in [0.1, 0.15) is 36.1 Å². The van der Waals surface area contributed by atoms with Gasteiger partial charge in [-0.05, 0) is 31.1 Å². The highest BCUT2D eigenvalue weighted by molar-refractivity contribution is 7.92. The summed E-state index contributed by atoms with van der Waals surface area (Å²) < 4.78 is 26.3.